The maximum Gasteiger partial charge on any atom is 0.315 e. The number of hydrogen-bond donors (Lipinski definition) is 2. The van der Waals surface area contributed by atoms with E-state index in [4.69, 9.17) is 16.3 Å². The van der Waals surface area contributed by atoms with E-state index in [2.05, 4.69) is 15.7 Å². The Morgan fingerprint density at radius 2 is 2.35 bits per heavy atom. The number of hydrogen-bond acceptors (Lipinski definition) is 3. The maximum absolute atomic E-state index is 12.2. The molecule has 0 bridgehead atoms. The van der Waals surface area contributed by atoms with Crippen LogP contribution < -0.4 is 15.4 Å². The molecule has 1 aliphatic rings. The molecule has 6 nitrogen and oxygen atoms in total. The van der Waals surface area contributed by atoms with Crippen molar-refractivity contribution in [3.05, 3.63) is 46.2 Å². The minimum absolute atomic E-state index is 0.104. The molecule has 1 aromatic heterocycles. The number of carbonyl (C=O) groups excluding carboxylic acids is 1. The van der Waals surface area contributed by atoms with E-state index < -0.39 is 0 Å². The lowest BCUT2D eigenvalue weighted by molar-refractivity contribution is 0.223. The largest absolute Gasteiger partial charge is 0.492 e. The number of rotatable bonds is 3. The molecule has 0 radical (unpaired) electrons. The highest BCUT2D eigenvalue weighted by Crippen LogP contribution is 2.37. The van der Waals surface area contributed by atoms with Crippen LogP contribution in [-0.2, 0) is 13.6 Å². The summed E-state index contributed by atoms with van der Waals surface area (Å²) in [6, 6.07) is 5.25. The van der Waals surface area contributed by atoms with Crippen molar-refractivity contribution >= 4 is 17.6 Å². The lowest BCUT2D eigenvalue weighted by Gasteiger charge is -2.27. The predicted molar refractivity (Wildman–Crippen MR) is 87.6 cm³/mol. The van der Waals surface area contributed by atoms with E-state index in [0.717, 1.165) is 16.8 Å². The monoisotopic (exact) mass is 334 g/mol. The first-order valence-electron chi connectivity index (χ1n) is 7.49. The van der Waals surface area contributed by atoms with Crippen molar-refractivity contribution < 1.29 is 9.53 Å². The van der Waals surface area contributed by atoms with Gasteiger partial charge in [0.1, 0.15) is 5.75 Å². The van der Waals surface area contributed by atoms with Crippen LogP contribution in [0.1, 0.15) is 29.3 Å². The van der Waals surface area contributed by atoms with Crippen LogP contribution in [0.2, 0.25) is 5.02 Å². The fourth-order valence-corrected chi connectivity index (χ4v) is 2.88. The quantitative estimate of drug-likeness (QED) is 0.906. The Hall–Kier alpha value is -2.21. The summed E-state index contributed by atoms with van der Waals surface area (Å²) in [5, 5.41) is 10.6. The smallest absolute Gasteiger partial charge is 0.315 e. The van der Waals surface area contributed by atoms with Gasteiger partial charge in [-0.25, -0.2) is 4.79 Å². The van der Waals surface area contributed by atoms with Gasteiger partial charge in [0, 0.05) is 36.8 Å². The van der Waals surface area contributed by atoms with Gasteiger partial charge in [0.05, 0.1) is 23.9 Å². The van der Waals surface area contributed by atoms with Crippen LogP contribution in [0.3, 0.4) is 0 Å². The van der Waals surface area contributed by atoms with Crippen LogP contribution >= 0.6 is 11.6 Å². The van der Waals surface area contributed by atoms with E-state index in [1.54, 1.807) is 16.9 Å². The molecule has 2 heterocycles. The van der Waals surface area contributed by atoms with Gasteiger partial charge in [-0.05, 0) is 13.0 Å². The highest BCUT2D eigenvalue weighted by molar-refractivity contribution is 6.32. The van der Waals surface area contributed by atoms with Gasteiger partial charge in [0.2, 0.25) is 0 Å². The number of urea groups is 1. The molecule has 0 aliphatic carbocycles. The van der Waals surface area contributed by atoms with Gasteiger partial charge in [0.25, 0.3) is 0 Å². The van der Waals surface area contributed by atoms with E-state index in [-0.39, 0.29) is 12.1 Å². The van der Waals surface area contributed by atoms with Crippen molar-refractivity contribution in [2.75, 3.05) is 6.61 Å². The Kier molecular flexibility index (Phi) is 4.43. The van der Waals surface area contributed by atoms with Crippen LogP contribution in [0.4, 0.5) is 4.79 Å². The van der Waals surface area contributed by atoms with E-state index >= 15 is 0 Å². The van der Waals surface area contributed by atoms with Crippen molar-refractivity contribution in [1.82, 2.24) is 20.4 Å². The molecule has 3 rings (SSSR count). The minimum Gasteiger partial charge on any atom is -0.492 e. The summed E-state index contributed by atoms with van der Waals surface area (Å²) in [5.74, 6) is 0.661. The van der Waals surface area contributed by atoms with Crippen molar-refractivity contribution in [2.45, 2.75) is 25.9 Å². The standard InChI is InChI=1S/C16H19ClN4O2/c1-10-11(9-19-21(10)2)8-18-16(22)20-14-6-7-23-15-12(14)4-3-5-13(15)17/h3-5,9,14H,6-8H2,1-2H3,(H2,18,20,22)/t14-/m1/s1. The first kappa shape index (κ1) is 15.7. The summed E-state index contributed by atoms with van der Waals surface area (Å²) in [6.07, 6.45) is 2.48. The number of para-hydroxylation sites is 1. The minimum atomic E-state index is -0.217. The Morgan fingerprint density at radius 3 is 3.09 bits per heavy atom. The number of aryl methyl sites for hydroxylation is 1. The van der Waals surface area contributed by atoms with Gasteiger partial charge >= 0.3 is 6.03 Å². The number of amides is 2. The molecule has 2 N–H and O–H groups in total. The molecule has 7 heteroatoms. The Labute approximate surface area is 139 Å². The van der Waals surface area contributed by atoms with Crippen molar-refractivity contribution in [3.63, 3.8) is 0 Å². The van der Waals surface area contributed by atoms with E-state index in [9.17, 15) is 4.79 Å². The zero-order valence-corrected chi connectivity index (χ0v) is 13.9. The lowest BCUT2D eigenvalue weighted by atomic mass is 10.0. The second-order valence-electron chi connectivity index (χ2n) is 5.55. The first-order chi connectivity index (χ1) is 11.1. The summed E-state index contributed by atoms with van der Waals surface area (Å²) in [6.45, 7) is 2.94. The molecule has 0 spiro atoms. The van der Waals surface area contributed by atoms with E-state index in [0.29, 0.717) is 30.3 Å². The number of ether oxygens (including phenoxy) is 1. The molecule has 1 atom stereocenters. The van der Waals surface area contributed by atoms with Gasteiger partial charge in [-0.1, -0.05) is 23.7 Å². The summed E-state index contributed by atoms with van der Waals surface area (Å²) in [4.78, 5) is 12.2. The predicted octanol–water partition coefficient (Wildman–Crippen LogP) is 2.70. The molecule has 0 fully saturated rings. The molecule has 0 saturated heterocycles. The first-order valence-corrected chi connectivity index (χ1v) is 7.87. The Balaban J connectivity index is 1.63. The molecule has 1 aliphatic heterocycles. The molecule has 23 heavy (non-hydrogen) atoms. The third kappa shape index (κ3) is 3.27. The lowest BCUT2D eigenvalue weighted by Crippen LogP contribution is -2.39. The highest BCUT2D eigenvalue weighted by Gasteiger charge is 2.24. The molecular formula is C16H19ClN4O2. The fourth-order valence-electron chi connectivity index (χ4n) is 2.64. The number of carbonyl (C=O) groups is 1. The molecule has 0 saturated carbocycles. The topological polar surface area (TPSA) is 68.2 Å². The van der Waals surface area contributed by atoms with Gasteiger partial charge in [-0.15, -0.1) is 0 Å². The summed E-state index contributed by atoms with van der Waals surface area (Å²) in [7, 11) is 1.88. The second kappa shape index (κ2) is 6.50. The van der Waals surface area contributed by atoms with Crippen LogP contribution in [0.5, 0.6) is 5.75 Å². The van der Waals surface area contributed by atoms with Crippen molar-refractivity contribution in [2.24, 2.45) is 7.05 Å². The third-order valence-electron chi connectivity index (χ3n) is 4.11. The van der Waals surface area contributed by atoms with Crippen LogP contribution in [0.25, 0.3) is 0 Å². The molecule has 122 valence electrons. The van der Waals surface area contributed by atoms with Crippen molar-refractivity contribution in [1.29, 1.82) is 0 Å². The number of nitrogens with one attached hydrogen (secondary N) is 2. The van der Waals surface area contributed by atoms with E-state index in [1.807, 2.05) is 26.1 Å². The van der Waals surface area contributed by atoms with Gasteiger partial charge < -0.3 is 15.4 Å². The van der Waals surface area contributed by atoms with Crippen LogP contribution in [-0.4, -0.2) is 22.4 Å². The maximum atomic E-state index is 12.2. The number of nitrogens with zero attached hydrogens (tertiary/aromatic N) is 2. The van der Waals surface area contributed by atoms with E-state index in [1.165, 1.54) is 0 Å². The number of halogens is 1. The number of benzene rings is 1. The average molecular weight is 335 g/mol. The normalized spacial score (nSPS) is 16.4. The fraction of sp³-hybridized carbons (Fsp3) is 0.375. The summed E-state index contributed by atoms with van der Waals surface area (Å²) < 4.78 is 7.38. The van der Waals surface area contributed by atoms with Crippen molar-refractivity contribution in [3.8, 4) is 5.75 Å². The van der Waals surface area contributed by atoms with Gasteiger partial charge in [-0.3, -0.25) is 4.68 Å². The summed E-state index contributed by atoms with van der Waals surface area (Å²) in [5.41, 5.74) is 2.95. The highest BCUT2D eigenvalue weighted by atomic mass is 35.5. The Morgan fingerprint density at radius 1 is 1.52 bits per heavy atom. The average Bonchev–Trinajstić information content (AvgIpc) is 2.86. The van der Waals surface area contributed by atoms with Gasteiger partial charge in [0.15, 0.2) is 0 Å². The van der Waals surface area contributed by atoms with Crippen LogP contribution in [0, 0.1) is 6.92 Å². The van der Waals surface area contributed by atoms with Crippen LogP contribution in [0.15, 0.2) is 24.4 Å². The molecular weight excluding hydrogens is 316 g/mol. The zero-order chi connectivity index (χ0) is 16.4. The molecule has 2 amide bonds. The van der Waals surface area contributed by atoms with Gasteiger partial charge in [-0.2, -0.15) is 5.10 Å². The molecule has 0 unspecified atom stereocenters. The zero-order valence-electron chi connectivity index (χ0n) is 13.1. The molecule has 1 aromatic carbocycles. The second-order valence-corrected chi connectivity index (χ2v) is 5.96. The SMILES string of the molecule is Cc1c(CNC(=O)N[C@@H]2CCOc3c(Cl)cccc32)cnn1C. The number of fused-ring (bicyclic) bond motifs is 1. The number of aromatic nitrogens is 2. The third-order valence-corrected chi connectivity index (χ3v) is 4.41. The Bertz CT molecular complexity index is 729. The molecule has 2 aromatic rings. The summed E-state index contributed by atoms with van der Waals surface area (Å²) >= 11 is 6.14.